The van der Waals surface area contributed by atoms with Crippen molar-refractivity contribution in [2.75, 3.05) is 18.5 Å². The number of rotatable bonds is 6. The van der Waals surface area contributed by atoms with E-state index in [1.165, 1.54) is 0 Å². The highest BCUT2D eigenvalue weighted by Crippen LogP contribution is 2.34. The molecule has 10 heteroatoms. The quantitative estimate of drug-likeness (QED) is 0.415. The first-order chi connectivity index (χ1) is 14.8. The molecule has 1 amide bonds. The minimum Gasteiger partial charge on any atom is -0.462 e. The number of carbonyl (C=O) groups is 3. The second kappa shape index (κ2) is 9.71. The Kier molecular flexibility index (Phi) is 7.03. The zero-order chi connectivity index (χ0) is 22.5. The molecule has 31 heavy (non-hydrogen) atoms. The average Bonchev–Trinajstić information content (AvgIpc) is 3.29. The van der Waals surface area contributed by atoms with Gasteiger partial charge in [-0.3, -0.25) is 10.1 Å². The lowest BCUT2D eigenvalue weighted by molar-refractivity contribution is 0.0527. The summed E-state index contributed by atoms with van der Waals surface area (Å²) in [5, 5.41) is 6.31. The molecular formula is C21H20N2O6S2. The largest absolute Gasteiger partial charge is 0.462 e. The smallest absolute Gasteiger partial charge is 0.348 e. The number of thiocarbonyl (C=S) groups is 1. The fraction of sp³-hybridized carbons (Fsp3) is 0.238. The van der Waals surface area contributed by atoms with E-state index in [2.05, 4.69) is 10.6 Å². The highest BCUT2D eigenvalue weighted by molar-refractivity contribution is 7.80. The number of anilines is 1. The Bertz CT molecular complexity index is 1130. The summed E-state index contributed by atoms with van der Waals surface area (Å²) < 4.78 is 15.7. The fourth-order valence-corrected chi connectivity index (χ4v) is 4.19. The van der Waals surface area contributed by atoms with Gasteiger partial charge in [-0.1, -0.05) is 18.2 Å². The Hall–Kier alpha value is -3.24. The van der Waals surface area contributed by atoms with E-state index >= 15 is 0 Å². The van der Waals surface area contributed by atoms with Gasteiger partial charge in [-0.2, -0.15) is 0 Å². The van der Waals surface area contributed by atoms with E-state index in [9.17, 15) is 14.4 Å². The molecule has 2 aromatic heterocycles. The first kappa shape index (κ1) is 22.4. The van der Waals surface area contributed by atoms with Gasteiger partial charge in [0.25, 0.3) is 5.91 Å². The van der Waals surface area contributed by atoms with Crippen molar-refractivity contribution in [2.45, 2.75) is 20.8 Å². The molecule has 3 aromatic rings. The van der Waals surface area contributed by atoms with Gasteiger partial charge in [0.1, 0.15) is 15.5 Å². The fourth-order valence-electron chi connectivity index (χ4n) is 2.83. The minimum atomic E-state index is -0.610. The average molecular weight is 461 g/mol. The van der Waals surface area contributed by atoms with Crippen LogP contribution in [0, 0.1) is 6.92 Å². The van der Waals surface area contributed by atoms with Crippen LogP contribution in [0.5, 0.6) is 0 Å². The van der Waals surface area contributed by atoms with Crippen LogP contribution in [-0.2, 0) is 9.47 Å². The standard InChI is InChI=1S/C21H20N2O6S2/c1-4-27-19(25)15-11(3)16(20(26)28-5-2)31-18(15)23-21(30)22-17(24)14-10-12-8-6-7-9-13(12)29-14/h6-10H,4-5H2,1-3H3,(H2,22,23,24,30). The van der Waals surface area contributed by atoms with Crippen LogP contribution in [0.1, 0.15) is 50.0 Å². The van der Waals surface area contributed by atoms with Gasteiger partial charge in [0.15, 0.2) is 10.9 Å². The molecule has 0 saturated carbocycles. The van der Waals surface area contributed by atoms with Crippen LogP contribution in [-0.4, -0.2) is 36.2 Å². The third-order valence-corrected chi connectivity index (χ3v) is 5.58. The minimum absolute atomic E-state index is 0.0623. The zero-order valence-corrected chi connectivity index (χ0v) is 18.7. The maximum absolute atomic E-state index is 12.5. The van der Waals surface area contributed by atoms with E-state index in [4.69, 9.17) is 26.1 Å². The molecule has 0 fully saturated rings. The molecule has 0 spiro atoms. The van der Waals surface area contributed by atoms with Crippen LogP contribution in [0.25, 0.3) is 11.0 Å². The number of thiophene rings is 1. The van der Waals surface area contributed by atoms with E-state index in [-0.39, 0.29) is 39.5 Å². The monoisotopic (exact) mass is 460 g/mol. The number of benzene rings is 1. The molecule has 0 atom stereocenters. The first-order valence-electron chi connectivity index (χ1n) is 9.44. The summed E-state index contributed by atoms with van der Waals surface area (Å²) in [4.78, 5) is 37.4. The maximum atomic E-state index is 12.5. The third-order valence-electron chi connectivity index (χ3n) is 4.19. The molecule has 0 aliphatic carbocycles. The van der Waals surface area contributed by atoms with E-state index < -0.39 is 17.8 Å². The Balaban J connectivity index is 1.81. The van der Waals surface area contributed by atoms with Gasteiger partial charge in [-0.25, -0.2) is 9.59 Å². The lowest BCUT2D eigenvalue weighted by Gasteiger charge is -2.09. The van der Waals surface area contributed by atoms with Crippen LogP contribution in [0.3, 0.4) is 0 Å². The van der Waals surface area contributed by atoms with Crippen LogP contribution in [0.4, 0.5) is 5.00 Å². The molecule has 0 saturated heterocycles. The molecule has 1 aromatic carbocycles. The van der Waals surface area contributed by atoms with Crippen molar-refractivity contribution in [1.82, 2.24) is 5.32 Å². The normalized spacial score (nSPS) is 10.5. The number of nitrogens with one attached hydrogen (secondary N) is 2. The van der Waals surface area contributed by atoms with E-state index in [0.29, 0.717) is 11.1 Å². The summed E-state index contributed by atoms with van der Waals surface area (Å²) in [6, 6.07) is 8.81. The van der Waals surface area contributed by atoms with Gasteiger partial charge < -0.3 is 19.2 Å². The molecular weight excluding hydrogens is 440 g/mol. The van der Waals surface area contributed by atoms with Crippen molar-refractivity contribution >= 4 is 62.5 Å². The number of carbonyl (C=O) groups excluding carboxylic acids is 3. The summed E-state index contributed by atoms with van der Waals surface area (Å²) in [6.07, 6.45) is 0. The van der Waals surface area contributed by atoms with Gasteiger partial charge in [-0.15, -0.1) is 11.3 Å². The van der Waals surface area contributed by atoms with Crippen molar-refractivity contribution in [3.8, 4) is 0 Å². The van der Waals surface area contributed by atoms with Gasteiger partial charge in [0, 0.05) is 5.39 Å². The summed E-state index contributed by atoms with van der Waals surface area (Å²) in [5.41, 5.74) is 1.15. The highest BCUT2D eigenvalue weighted by Gasteiger charge is 2.27. The summed E-state index contributed by atoms with van der Waals surface area (Å²) in [6.45, 7) is 5.34. The van der Waals surface area contributed by atoms with Crippen LogP contribution in [0.2, 0.25) is 0 Å². The maximum Gasteiger partial charge on any atom is 0.348 e. The summed E-state index contributed by atoms with van der Waals surface area (Å²) in [7, 11) is 0. The number of furan rings is 1. The zero-order valence-electron chi connectivity index (χ0n) is 17.1. The Labute approximate surface area is 187 Å². The molecule has 0 radical (unpaired) electrons. The number of hydrogen-bond acceptors (Lipinski definition) is 8. The van der Waals surface area contributed by atoms with Gasteiger partial charge >= 0.3 is 11.9 Å². The molecule has 0 aliphatic rings. The molecule has 2 heterocycles. The van der Waals surface area contributed by atoms with Gasteiger partial charge in [-0.05, 0) is 50.7 Å². The first-order valence-corrected chi connectivity index (χ1v) is 10.7. The number of amides is 1. The molecule has 8 nitrogen and oxygen atoms in total. The van der Waals surface area contributed by atoms with E-state index in [0.717, 1.165) is 16.7 Å². The van der Waals surface area contributed by atoms with Crippen molar-refractivity contribution in [3.05, 3.63) is 52.1 Å². The van der Waals surface area contributed by atoms with Crippen LogP contribution in [0.15, 0.2) is 34.7 Å². The Morgan fingerprint density at radius 3 is 2.45 bits per heavy atom. The number of para-hydroxylation sites is 1. The van der Waals surface area contributed by atoms with Crippen molar-refractivity contribution < 1.29 is 28.3 Å². The number of ether oxygens (including phenoxy) is 2. The van der Waals surface area contributed by atoms with Gasteiger partial charge in [0.05, 0.1) is 18.8 Å². The Morgan fingerprint density at radius 1 is 1.10 bits per heavy atom. The number of fused-ring (bicyclic) bond motifs is 1. The lowest BCUT2D eigenvalue weighted by atomic mass is 10.1. The predicted octanol–water partition coefficient (Wildman–Crippen LogP) is 4.28. The van der Waals surface area contributed by atoms with E-state index in [1.54, 1.807) is 39.0 Å². The van der Waals surface area contributed by atoms with E-state index in [1.807, 2.05) is 12.1 Å². The topological polar surface area (TPSA) is 107 Å². The van der Waals surface area contributed by atoms with Crippen molar-refractivity contribution in [2.24, 2.45) is 0 Å². The molecule has 0 bridgehead atoms. The Morgan fingerprint density at radius 2 is 1.77 bits per heavy atom. The summed E-state index contributed by atoms with van der Waals surface area (Å²) in [5.74, 6) is -1.63. The predicted molar refractivity (Wildman–Crippen MR) is 121 cm³/mol. The molecule has 0 unspecified atom stereocenters. The second-order valence-electron chi connectivity index (χ2n) is 6.26. The van der Waals surface area contributed by atoms with Crippen LogP contribution < -0.4 is 10.6 Å². The molecule has 3 rings (SSSR count). The second-order valence-corrected chi connectivity index (χ2v) is 7.69. The SMILES string of the molecule is CCOC(=O)c1sc(NC(=S)NC(=O)c2cc3ccccc3o2)c(C(=O)OCC)c1C. The lowest BCUT2D eigenvalue weighted by Crippen LogP contribution is -2.34. The molecule has 162 valence electrons. The third kappa shape index (κ3) is 4.92. The van der Waals surface area contributed by atoms with Crippen molar-refractivity contribution in [3.63, 3.8) is 0 Å². The molecule has 2 N–H and O–H groups in total. The van der Waals surface area contributed by atoms with Crippen LogP contribution >= 0.6 is 23.6 Å². The van der Waals surface area contributed by atoms with Gasteiger partial charge in [0.2, 0.25) is 0 Å². The molecule has 0 aliphatic heterocycles. The highest BCUT2D eigenvalue weighted by atomic mass is 32.1. The number of esters is 2. The van der Waals surface area contributed by atoms with Crippen molar-refractivity contribution in [1.29, 1.82) is 0 Å². The number of hydrogen-bond donors (Lipinski definition) is 2. The summed E-state index contributed by atoms with van der Waals surface area (Å²) >= 11 is 6.22.